The molecule has 1 amide bonds. The van der Waals surface area contributed by atoms with Gasteiger partial charge in [0.05, 0.1) is 16.6 Å². The first-order chi connectivity index (χ1) is 9.50. The number of benzene rings is 1. The van der Waals surface area contributed by atoms with Crippen LogP contribution in [0.15, 0.2) is 12.1 Å². The summed E-state index contributed by atoms with van der Waals surface area (Å²) in [5.74, 6) is -1.32. The number of rotatable bonds is 2. The van der Waals surface area contributed by atoms with Crippen LogP contribution in [0.25, 0.3) is 0 Å². The molecule has 0 unspecified atom stereocenters. The van der Waals surface area contributed by atoms with Gasteiger partial charge in [0.2, 0.25) is 0 Å². The maximum atomic E-state index is 13.4. The SMILES string of the molecule is Nc1c(C(=O)N2CCCNCC2)cc(F)cc1[N+](=O)[O-]. The van der Waals surface area contributed by atoms with Gasteiger partial charge in [-0.2, -0.15) is 0 Å². The Morgan fingerprint density at radius 1 is 1.40 bits per heavy atom. The van der Waals surface area contributed by atoms with E-state index in [0.717, 1.165) is 25.1 Å². The topological polar surface area (TPSA) is 102 Å². The molecule has 1 heterocycles. The lowest BCUT2D eigenvalue weighted by atomic mass is 10.1. The average Bonchev–Trinajstić information content (AvgIpc) is 2.68. The number of nitrogens with zero attached hydrogens (tertiary/aromatic N) is 2. The van der Waals surface area contributed by atoms with Crippen molar-refractivity contribution in [1.82, 2.24) is 10.2 Å². The van der Waals surface area contributed by atoms with Gasteiger partial charge in [-0.15, -0.1) is 0 Å². The summed E-state index contributed by atoms with van der Waals surface area (Å²) >= 11 is 0. The van der Waals surface area contributed by atoms with Gasteiger partial charge < -0.3 is 16.0 Å². The summed E-state index contributed by atoms with van der Waals surface area (Å²) in [7, 11) is 0. The smallest absolute Gasteiger partial charge is 0.295 e. The van der Waals surface area contributed by atoms with Crippen LogP contribution in [-0.4, -0.2) is 41.9 Å². The molecule has 1 fully saturated rings. The first kappa shape index (κ1) is 14.2. The van der Waals surface area contributed by atoms with E-state index in [1.54, 1.807) is 0 Å². The summed E-state index contributed by atoms with van der Waals surface area (Å²) in [6.07, 6.45) is 0.767. The number of carbonyl (C=O) groups excluding carboxylic acids is 1. The molecule has 1 aliphatic heterocycles. The molecule has 7 nitrogen and oxygen atoms in total. The summed E-state index contributed by atoms with van der Waals surface area (Å²) in [5, 5.41) is 13.9. The number of nitrogens with two attached hydrogens (primary N) is 1. The molecule has 1 saturated heterocycles. The number of hydrogen-bond donors (Lipinski definition) is 2. The second-order valence-electron chi connectivity index (χ2n) is 4.54. The molecule has 0 radical (unpaired) electrons. The fraction of sp³-hybridized carbons (Fsp3) is 0.417. The third-order valence-corrected chi connectivity index (χ3v) is 3.18. The lowest BCUT2D eigenvalue weighted by Gasteiger charge is -2.20. The quantitative estimate of drug-likeness (QED) is 0.473. The minimum atomic E-state index is -0.845. The van der Waals surface area contributed by atoms with E-state index in [1.165, 1.54) is 4.90 Å². The summed E-state index contributed by atoms with van der Waals surface area (Å²) < 4.78 is 13.4. The van der Waals surface area contributed by atoms with Crippen molar-refractivity contribution in [2.24, 2.45) is 0 Å². The van der Waals surface area contributed by atoms with E-state index in [9.17, 15) is 19.3 Å². The largest absolute Gasteiger partial charge is 0.393 e. The van der Waals surface area contributed by atoms with Crippen LogP contribution in [0, 0.1) is 15.9 Å². The molecule has 20 heavy (non-hydrogen) atoms. The van der Waals surface area contributed by atoms with E-state index >= 15 is 0 Å². The maximum absolute atomic E-state index is 13.4. The lowest BCUT2D eigenvalue weighted by Crippen LogP contribution is -2.34. The molecule has 1 aromatic rings. The Morgan fingerprint density at radius 3 is 2.85 bits per heavy atom. The Hall–Kier alpha value is -2.22. The predicted molar refractivity (Wildman–Crippen MR) is 70.9 cm³/mol. The molecule has 0 saturated carbocycles. The first-order valence-electron chi connectivity index (χ1n) is 6.24. The van der Waals surface area contributed by atoms with Gasteiger partial charge in [0.25, 0.3) is 11.6 Å². The Kier molecular flexibility index (Phi) is 4.14. The van der Waals surface area contributed by atoms with Crippen molar-refractivity contribution in [3.8, 4) is 0 Å². The number of nitrogen functional groups attached to an aromatic ring is 1. The van der Waals surface area contributed by atoms with E-state index in [2.05, 4.69) is 5.32 Å². The Morgan fingerprint density at radius 2 is 2.15 bits per heavy atom. The van der Waals surface area contributed by atoms with Crippen LogP contribution in [0.3, 0.4) is 0 Å². The molecule has 0 spiro atoms. The number of hydrogen-bond acceptors (Lipinski definition) is 5. The molecule has 1 aliphatic rings. The van der Waals surface area contributed by atoms with Gasteiger partial charge in [0.1, 0.15) is 11.5 Å². The van der Waals surface area contributed by atoms with Crippen molar-refractivity contribution in [3.63, 3.8) is 0 Å². The number of nitro benzene ring substituents is 1. The van der Waals surface area contributed by atoms with Crippen LogP contribution >= 0.6 is 0 Å². The fourth-order valence-electron chi connectivity index (χ4n) is 2.15. The molecular formula is C12H15FN4O3. The Labute approximate surface area is 114 Å². The molecule has 1 aromatic carbocycles. The highest BCUT2D eigenvalue weighted by Crippen LogP contribution is 2.27. The normalized spacial score (nSPS) is 15.8. The van der Waals surface area contributed by atoms with Crippen LogP contribution < -0.4 is 11.1 Å². The van der Waals surface area contributed by atoms with Crippen LogP contribution in [0.4, 0.5) is 15.8 Å². The van der Waals surface area contributed by atoms with Crippen molar-refractivity contribution in [1.29, 1.82) is 0 Å². The molecule has 108 valence electrons. The summed E-state index contributed by atoms with van der Waals surface area (Å²) in [6, 6.07) is 1.67. The van der Waals surface area contributed by atoms with Crippen molar-refractivity contribution in [2.75, 3.05) is 31.9 Å². The molecule has 3 N–H and O–H groups in total. The van der Waals surface area contributed by atoms with Gasteiger partial charge >= 0.3 is 0 Å². The van der Waals surface area contributed by atoms with Gasteiger partial charge in [-0.25, -0.2) is 4.39 Å². The van der Waals surface area contributed by atoms with E-state index in [-0.39, 0.29) is 11.3 Å². The maximum Gasteiger partial charge on any atom is 0.295 e. The van der Waals surface area contributed by atoms with Crippen LogP contribution in [0.2, 0.25) is 0 Å². The zero-order valence-corrected chi connectivity index (χ0v) is 10.8. The molecule has 0 atom stereocenters. The second-order valence-corrected chi connectivity index (χ2v) is 4.54. The van der Waals surface area contributed by atoms with Crippen LogP contribution in [0.5, 0.6) is 0 Å². The van der Waals surface area contributed by atoms with E-state index < -0.39 is 22.3 Å². The highest BCUT2D eigenvalue weighted by atomic mass is 19.1. The highest BCUT2D eigenvalue weighted by molar-refractivity contribution is 6.01. The zero-order valence-electron chi connectivity index (χ0n) is 10.8. The average molecular weight is 282 g/mol. The number of amides is 1. The fourth-order valence-corrected chi connectivity index (χ4v) is 2.15. The highest BCUT2D eigenvalue weighted by Gasteiger charge is 2.25. The molecule has 2 rings (SSSR count). The molecule has 0 aliphatic carbocycles. The third-order valence-electron chi connectivity index (χ3n) is 3.18. The first-order valence-corrected chi connectivity index (χ1v) is 6.24. The van der Waals surface area contributed by atoms with Gasteiger partial charge in [0.15, 0.2) is 0 Å². The summed E-state index contributed by atoms with van der Waals surface area (Å²) in [6.45, 7) is 2.39. The Bertz CT molecular complexity index is 542. The number of halogens is 1. The zero-order chi connectivity index (χ0) is 14.7. The predicted octanol–water partition coefficient (Wildman–Crippen LogP) is 0.752. The van der Waals surface area contributed by atoms with Gasteiger partial charge in [0, 0.05) is 19.6 Å². The Balaban J connectivity index is 2.36. The number of carbonyl (C=O) groups is 1. The van der Waals surface area contributed by atoms with Crippen molar-refractivity contribution in [3.05, 3.63) is 33.6 Å². The van der Waals surface area contributed by atoms with E-state index in [4.69, 9.17) is 5.73 Å². The minimum absolute atomic E-state index is 0.154. The van der Waals surface area contributed by atoms with Crippen LogP contribution in [0.1, 0.15) is 16.8 Å². The van der Waals surface area contributed by atoms with Gasteiger partial charge in [-0.05, 0) is 19.0 Å². The standard InChI is InChI=1S/C12H15FN4O3/c13-8-6-9(11(14)10(7-8)17(19)20)12(18)16-4-1-2-15-3-5-16/h6-7,15H,1-5,14H2. The molecular weight excluding hydrogens is 267 g/mol. The van der Waals surface area contributed by atoms with Gasteiger partial charge in [-0.3, -0.25) is 14.9 Å². The number of anilines is 1. The lowest BCUT2D eigenvalue weighted by molar-refractivity contribution is -0.384. The molecule has 0 bridgehead atoms. The monoisotopic (exact) mass is 282 g/mol. The minimum Gasteiger partial charge on any atom is -0.393 e. The van der Waals surface area contributed by atoms with Crippen molar-refractivity contribution < 1.29 is 14.1 Å². The molecule has 8 heteroatoms. The van der Waals surface area contributed by atoms with Gasteiger partial charge in [-0.1, -0.05) is 0 Å². The number of nitrogens with one attached hydrogen (secondary N) is 1. The summed E-state index contributed by atoms with van der Waals surface area (Å²) in [4.78, 5) is 23.9. The van der Waals surface area contributed by atoms with Crippen LogP contribution in [-0.2, 0) is 0 Å². The van der Waals surface area contributed by atoms with E-state index in [1.807, 2.05) is 0 Å². The molecule has 0 aromatic heterocycles. The second kappa shape index (κ2) is 5.83. The van der Waals surface area contributed by atoms with E-state index in [0.29, 0.717) is 19.6 Å². The number of nitro groups is 1. The third kappa shape index (κ3) is 2.85. The van der Waals surface area contributed by atoms with Crippen molar-refractivity contribution >= 4 is 17.3 Å². The summed E-state index contributed by atoms with van der Waals surface area (Å²) in [5.41, 5.74) is 4.60. The van der Waals surface area contributed by atoms with Crippen molar-refractivity contribution in [2.45, 2.75) is 6.42 Å².